The van der Waals surface area contributed by atoms with Gasteiger partial charge in [0.2, 0.25) is 0 Å². The molecule has 8 heteroatoms. The molecule has 7 nitrogen and oxygen atoms in total. The van der Waals surface area contributed by atoms with Crippen LogP contribution in [0.15, 0.2) is 53.3 Å². The summed E-state index contributed by atoms with van der Waals surface area (Å²) in [5, 5.41) is 16.5. The van der Waals surface area contributed by atoms with Crippen molar-refractivity contribution in [3.63, 3.8) is 0 Å². The number of hydrogen-bond donors (Lipinski definition) is 2. The Labute approximate surface area is 171 Å². The lowest BCUT2D eigenvalue weighted by molar-refractivity contribution is 0.0697. The van der Waals surface area contributed by atoms with Crippen molar-refractivity contribution in [3.05, 3.63) is 75.0 Å². The molecule has 0 radical (unpaired) electrons. The summed E-state index contributed by atoms with van der Waals surface area (Å²) >= 11 is 6.22. The molecule has 1 heterocycles. The Balaban J connectivity index is 2.29. The Bertz CT molecular complexity index is 1160. The quantitative estimate of drug-likeness (QED) is 0.588. The maximum absolute atomic E-state index is 13.0. The first kappa shape index (κ1) is 20.3. The second-order valence-corrected chi connectivity index (χ2v) is 6.62. The normalized spacial score (nSPS) is 10.6. The smallest absolute Gasteiger partial charge is 0.337 e. The molecular formula is C21H18ClN3O4. The van der Waals surface area contributed by atoms with E-state index in [1.54, 1.807) is 19.1 Å². The van der Waals surface area contributed by atoms with Crippen molar-refractivity contribution < 1.29 is 14.7 Å². The molecule has 3 rings (SSSR count). The molecule has 0 atom stereocenters. The Morgan fingerprint density at radius 2 is 1.83 bits per heavy atom. The van der Waals surface area contributed by atoms with E-state index >= 15 is 0 Å². The number of nitrogens with one attached hydrogen (secondary N) is 1. The monoisotopic (exact) mass is 411 g/mol. The van der Waals surface area contributed by atoms with Crippen LogP contribution in [0.5, 0.6) is 0 Å². The van der Waals surface area contributed by atoms with Crippen molar-refractivity contribution in [2.24, 2.45) is 0 Å². The lowest BCUT2D eigenvalue weighted by Gasteiger charge is -2.17. The fourth-order valence-corrected chi connectivity index (χ4v) is 3.22. The lowest BCUT2D eigenvalue weighted by atomic mass is 10.0. The van der Waals surface area contributed by atoms with E-state index in [0.29, 0.717) is 11.3 Å². The van der Waals surface area contributed by atoms with Crippen LogP contribution in [-0.4, -0.2) is 26.6 Å². The van der Waals surface area contributed by atoms with Crippen LogP contribution in [-0.2, 0) is 6.54 Å². The summed E-state index contributed by atoms with van der Waals surface area (Å²) < 4.78 is 1.24. The van der Waals surface area contributed by atoms with Crippen LogP contribution in [0.25, 0.3) is 11.3 Å². The number of aryl methyl sites for hydroxylation is 1. The summed E-state index contributed by atoms with van der Waals surface area (Å²) in [6.45, 7) is 3.40. The van der Waals surface area contributed by atoms with Gasteiger partial charge in [0.25, 0.3) is 5.56 Å². The van der Waals surface area contributed by atoms with Crippen molar-refractivity contribution in [1.29, 1.82) is 0 Å². The summed E-state index contributed by atoms with van der Waals surface area (Å²) in [5.74, 6) is -1.55. The van der Waals surface area contributed by atoms with Crippen LogP contribution in [0.4, 0.5) is 11.4 Å². The van der Waals surface area contributed by atoms with Gasteiger partial charge in [-0.15, -0.1) is 0 Å². The second kappa shape index (κ2) is 8.28. The summed E-state index contributed by atoms with van der Waals surface area (Å²) in [7, 11) is 0. The average Bonchev–Trinajstić information content (AvgIpc) is 2.70. The number of ketones is 1. The van der Waals surface area contributed by atoms with Crippen molar-refractivity contribution >= 4 is 34.7 Å². The number of aromatic carboxylic acids is 1. The van der Waals surface area contributed by atoms with Gasteiger partial charge in [-0.1, -0.05) is 48.0 Å². The molecule has 3 aromatic rings. The van der Waals surface area contributed by atoms with Crippen molar-refractivity contribution in [2.45, 2.75) is 20.4 Å². The Hall–Kier alpha value is -3.45. The van der Waals surface area contributed by atoms with Gasteiger partial charge < -0.3 is 10.4 Å². The Morgan fingerprint density at radius 3 is 2.41 bits per heavy atom. The number of carbonyl (C=O) groups is 2. The van der Waals surface area contributed by atoms with Gasteiger partial charge in [0.1, 0.15) is 11.4 Å². The molecule has 148 valence electrons. The number of nitrogens with zero attached hydrogens (tertiary/aromatic N) is 2. The van der Waals surface area contributed by atoms with E-state index in [9.17, 15) is 19.5 Å². The molecular weight excluding hydrogens is 394 g/mol. The van der Waals surface area contributed by atoms with Gasteiger partial charge in [-0.05, 0) is 26.0 Å². The van der Waals surface area contributed by atoms with E-state index in [1.807, 2.05) is 18.2 Å². The first-order valence-corrected chi connectivity index (χ1v) is 9.23. The molecule has 0 unspecified atom stereocenters. The fourth-order valence-electron chi connectivity index (χ4n) is 2.97. The third-order valence-corrected chi connectivity index (χ3v) is 4.75. The van der Waals surface area contributed by atoms with Crippen molar-refractivity contribution in [2.75, 3.05) is 5.32 Å². The first-order chi connectivity index (χ1) is 13.8. The molecule has 2 N–H and O–H groups in total. The molecule has 0 fully saturated rings. The molecule has 0 bridgehead atoms. The highest BCUT2D eigenvalue weighted by Crippen LogP contribution is 2.31. The van der Waals surface area contributed by atoms with E-state index in [4.69, 9.17) is 11.6 Å². The van der Waals surface area contributed by atoms with Gasteiger partial charge in [-0.25, -0.2) is 9.48 Å². The summed E-state index contributed by atoms with van der Waals surface area (Å²) in [5.41, 5.74) is 0.726. The number of halogens is 1. The minimum Gasteiger partial charge on any atom is -0.478 e. The molecule has 29 heavy (non-hydrogen) atoms. The first-order valence-electron chi connectivity index (χ1n) is 8.85. The standard InChI is InChI=1S/C21H18ClN3O4/c1-3-25-20(27)19(23-15-11-7-10-14(17(15)22)21(28)29)16(12(2)26)18(24-25)13-8-5-4-6-9-13/h4-11,23H,3H2,1-2H3,(H,28,29). The predicted molar refractivity (Wildman–Crippen MR) is 111 cm³/mol. The molecule has 0 aliphatic rings. The molecule has 1 aromatic heterocycles. The molecule has 0 aliphatic heterocycles. The van der Waals surface area contributed by atoms with Crippen LogP contribution in [0.2, 0.25) is 5.02 Å². The number of carboxylic acids is 1. The van der Waals surface area contributed by atoms with E-state index in [0.717, 1.165) is 0 Å². The second-order valence-electron chi connectivity index (χ2n) is 6.24. The number of benzene rings is 2. The summed E-state index contributed by atoms with van der Waals surface area (Å²) in [6, 6.07) is 13.4. The topological polar surface area (TPSA) is 101 Å². The van der Waals surface area contributed by atoms with Crippen LogP contribution in [0.1, 0.15) is 34.6 Å². The number of aromatic nitrogens is 2. The maximum Gasteiger partial charge on any atom is 0.337 e. The van der Waals surface area contributed by atoms with Crippen LogP contribution >= 0.6 is 11.6 Å². The summed E-state index contributed by atoms with van der Waals surface area (Å²) in [4.78, 5) is 36.8. The number of Topliss-reactive ketones (excluding diaryl/α,β-unsaturated/α-hetero) is 1. The zero-order chi connectivity index (χ0) is 21.1. The zero-order valence-corrected chi connectivity index (χ0v) is 16.5. The van der Waals surface area contributed by atoms with E-state index < -0.39 is 11.5 Å². The third kappa shape index (κ3) is 3.90. The molecule has 0 saturated carbocycles. The van der Waals surface area contributed by atoms with E-state index in [1.165, 1.54) is 29.8 Å². The van der Waals surface area contributed by atoms with E-state index in [-0.39, 0.29) is 39.9 Å². The zero-order valence-electron chi connectivity index (χ0n) is 15.8. The largest absolute Gasteiger partial charge is 0.478 e. The number of anilines is 2. The Kier molecular flexibility index (Phi) is 5.79. The Morgan fingerprint density at radius 1 is 1.14 bits per heavy atom. The number of carbonyl (C=O) groups excluding carboxylic acids is 1. The number of hydrogen-bond acceptors (Lipinski definition) is 5. The highest BCUT2D eigenvalue weighted by molar-refractivity contribution is 6.36. The lowest BCUT2D eigenvalue weighted by Crippen LogP contribution is -2.28. The van der Waals surface area contributed by atoms with Crippen LogP contribution in [0, 0.1) is 0 Å². The van der Waals surface area contributed by atoms with Gasteiger partial charge in [0.15, 0.2) is 5.78 Å². The number of rotatable bonds is 6. The van der Waals surface area contributed by atoms with Gasteiger partial charge in [-0.2, -0.15) is 5.10 Å². The minimum atomic E-state index is -1.20. The minimum absolute atomic E-state index is 0.00218. The molecule has 0 saturated heterocycles. The highest BCUT2D eigenvalue weighted by atomic mass is 35.5. The van der Waals surface area contributed by atoms with Gasteiger partial charge >= 0.3 is 5.97 Å². The third-order valence-electron chi connectivity index (χ3n) is 4.34. The van der Waals surface area contributed by atoms with E-state index in [2.05, 4.69) is 10.4 Å². The summed E-state index contributed by atoms with van der Waals surface area (Å²) in [6.07, 6.45) is 0. The average molecular weight is 412 g/mol. The van der Waals surface area contributed by atoms with Gasteiger partial charge in [-0.3, -0.25) is 9.59 Å². The molecule has 0 aliphatic carbocycles. The fraction of sp³-hybridized carbons (Fsp3) is 0.143. The maximum atomic E-state index is 13.0. The molecule has 0 spiro atoms. The van der Waals surface area contributed by atoms with Crippen LogP contribution < -0.4 is 10.9 Å². The van der Waals surface area contributed by atoms with Gasteiger partial charge in [0, 0.05) is 12.1 Å². The SMILES string of the molecule is CCn1nc(-c2ccccc2)c(C(C)=O)c(Nc2cccc(C(=O)O)c2Cl)c1=O. The highest BCUT2D eigenvalue weighted by Gasteiger charge is 2.23. The molecule has 0 amide bonds. The van der Waals surface area contributed by atoms with Crippen LogP contribution in [0.3, 0.4) is 0 Å². The van der Waals surface area contributed by atoms with Crippen molar-refractivity contribution in [3.8, 4) is 11.3 Å². The molecule has 2 aromatic carbocycles. The van der Waals surface area contributed by atoms with Gasteiger partial charge in [0.05, 0.1) is 21.8 Å². The number of carboxylic acid groups (broad SMARTS) is 1. The van der Waals surface area contributed by atoms with Crippen molar-refractivity contribution in [1.82, 2.24) is 9.78 Å². The predicted octanol–water partition coefficient (Wildman–Crippen LogP) is 4.23.